The first-order valence-corrected chi connectivity index (χ1v) is 9.30. The van der Waals surface area contributed by atoms with E-state index in [-0.39, 0.29) is 11.7 Å². The van der Waals surface area contributed by atoms with Crippen molar-refractivity contribution in [1.29, 1.82) is 0 Å². The molecule has 4 rings (SSSR count). The van der Waals surface area contributed by atoms with Gasteiger partial charge in [0, 0.05) is 43.1 Å². The number of benzene rings is 2. The lowest BCUT2D eigenvalue weighted by atomic mass is 10.0. The maximum atomic E-state index is 13.8. The van der Waals surface area contributed by atoms with Crippen molar-refractivity contribution in [1.82, 2.24) is 19.4 Å². The van der Waals surface area contributed by atoms with Crippen molar-refractivity contribution in [3.05, 3.63) is 108 Å². The number of amides is 1. The Kier molecular flexibility index (Phi) is 4.99. The van der Waals surface area contributed by atoms with Crippen LogP contribution in [0.5, 0.6) is 0 Å². The van der Waals surface area contributed by atoms with Gasteiger partial charge in [-0.15, -0.1) is 0 Å². The van der Waals surface area contributed by atoms with Crippen molar-refractivity contribution in [3.63, 3.8) is 0 Å². The number of carbonyl (C=O) groups excluding carboxylic acids is 1. The minimum atomic E-state index is -0.575. The van der Waals surface area contributed by atoms with E-state index in [4.69, 9.17) is 0 Å². The third-order valence-corrected chi connectivity index (χ3v) is 4.93. The van der Waals surface area contributed by atoms with Crippen LogP contribution in [-0.2, 0) is 7.05 Å². The van der Waals surface area contributed by atoms with Crippen LogP contribution in [0.15, 0.2) is 79.4 Å². The molecular formula is C23H21FN4O. The zero-order chi connectivity index (χ0) is 20.4. The fraction of sp³-hybridized carbons (Fsp3) is 0.130. The fourth-order valence-electron chi connectivity index (χ4n) is 3.38. The van der Waals surface area contributed by atoms with Crippen molar-refractivity contribution in [2.24, 2.45) is 7.05 Å². The van der Waals surface area contributed by atoms with E-state index >= 15 is 0 Å². The molecule has 0 saturated carbocycles. The summed E-state index contributed by atoms with van der Waals surface area (Å²) >= 11 is 0. The monoisotopic (exact) mass is 388 g/mol. The van der Waals surface area contributed by atoms with Gasteiger partial charge in [0.25, 0.3) is 5.91 Å². The smallest absolute Gasteiger partial charge is 0.252 e. The molecule has 5 nitrogen and oxygen atoms in total. The molecule has 1 unspecified atom stereocenters. The molecule has 2 heterocycles. The highest BCUT2D eigenvalue weighted by Gasteiger charge is 2.22. The second kappa shape index (κ2) is 7.75. The van der Waals surface area contributed by atoms with Crippen LogP contribution in [0.3, 0.4) is 0 Å². The van der Waals surface area contributed by atoms with Gasteiger partial charge in [0.2, 0.25) is 0 Å². The Bertz CT molecular complexity index is 1150. The molecule has 0 fully saturated rings. The Morgan fingerprint density at radius 1 is 1.07 bits per heavy atom. The highest BCUT2D eigenvalue weighted by molar-refractivity contribution is 5.95. The van der Waals surface area contributed by atoms with Crippen LogP contribution < -0.4 is 5.32 Å². The SMILES string of the molecule is Cc1ccc(C(=O)NC(c2cccc(F)c2)c2nccn2C)cc1-n1cccc1. The molecule has 4 aromatic rings. The fourth-order valence-corrected chi connectivity index (χ4v) is 3.38. The minimum absolute atomic E-state index is 0.254. The van der Waals surface area contributed by atoms with E-state index in [1.807, 2.05) is 59.8 Å². The van der Waals surface area contributed by atoms with E-state index in [1.54, 1.807) is 30.6 Å². The largest absolute Gasteiger partial charge is 0.338 e. The maximum Gasteiger partial charge on any atom is 0.252 e. The highest BCUT2D eigenvalue weighted by Crippen LogP contribution is 2.23. The Balaban J connectivity index is 1.69. The molecule has 0 aliphatic carbocycles. The summed E-state index contributed by atoms with van der Waals surface area (Å²) in [7, 11) is 1.84. The first-order valence-electron chi connectivity index (χ1n) is 9.30. The zero-order valence-corrected chi connectivity index (χ0v) is 16.2. The van der Waals surface area contributed by atoms with Gasteiger partial charge >= 0.3 is 0 Å². The Hall–Kier alpha value is -3.67. The Labute approximate surface area is 168 Å². The lowest BCUT2D eigenvalue weighted by molar-refractivity contribution is 0.0941. The molecule has 1 amide bonds. The van der Waals surface area contributed by atoms with Crippen LogP contribution in [0.2, 0.25) is 0 Å². The van der Waals surface area contributed by atoms with E-state index < -0.39 is 6.04 Å². The lowest BCUT2D eigenvalue weighted by Crippen LogP contribution is -2.31. The number of nitrogens with one attached hydrogen (secondary N) is 1. The molecule has 0 aliphatic heterocycles. The average molecular weight is 388 g/mol. The van der Waals surface area contributed by atoms with Gasteiger partial charge in [-0.3, -0.25) is 4.79 Å². The van der Waals surface area contributed by atoms with Crippen molar-refractivity contribution >= 4 is 5.91 Å². The van der Waals surface area contributed by atoms with Crippen LogP contribution in [0.4, 0.5) is 4.39 Å². The summed E-state index contributed by atoms with van der Waals surface area (Å²) in [6.45, 7) is 2.00. The number of carbonyl (C=O) groups is 1. The van der Waals surface area contributed by atoms with E-state index in [9.17, 15) is 9.18 Å². The standard InChI is InChI=1S/C23H21FN4O/c1-16-8-9-18(15-20(16)28-11-3-4-12-28)23(29)26-21(22-25-10-13-27(22)2)17-6-5-7-19(24)14-17/h3-15,21H,1-2H3,(H,26,29). The number of halogens is 1. The quantitative estimate of drug-likeness (QED) is 0.558. The molecule has 0 bridgehead atoms. The van der Waals surface area contributed by atoms with E-state index in [0.717, 1.165) is 11.3 Å². The van der Waals surface area contributed by atoms with Crippen LogP contribution in [-0.4, -0.2) is 20.0 Å². The third-order valence-electron chi connectivity index (χ3n) is 4.93. The van der Waals surface area contributed by atoms with Gasteiger partial charge in [-0.05, 0) is 54.4 Å². The molecule has 1 atom stereocenters. The lowest BCUT2D eigenvalue weighted by Gasteiger charge is -2.20. The molecule has 2 aromatic carbocycles. The minimum Gasteiger partial charge on any atom is -0.338 e. The van der Waals surface area contributed by atoms with Crippen LogP contribution >= 0.6 is 0 Å². The summed E-state index contributed by atoms with van der Waals surface area (Å²) in [5, 5.41) is 3.01. The van der Waals surface area contributed by atoms with Crippen molar-refractivity contribution in [2.75, 3.05) is 0 Å². The third kappa shape index (κ3) is 3.82. The first-order chi connectivity index (χ1) is 14.0. The molecule has 146 valence electrons. The van der Waals surface area contributed by atoms with Crippen molar-refractivity contribution < 1.29 is 9.18 Å². The van der Waals surface area contributed by atoms with Crippen molar-refractivity contribution in [3.8, 4) is 5.69 Å². The molecule has 0 saturated heterocycles. The number of hydrogen-bond donors (Lipinski definition) is 1. The predicted octanol–water partition coefficient (Wildman–Crippen LogP) is 4.18. The van der Waals surface area contributed by atoms with Crippen LogP contribution in [0, 0.1) is 12.7 Å². The van der Waals surface area contributed by atoms with Gasteiger partial charge in [-0.1, -0.05) is 18.2 Å². The second-order valence-electron chi connectivity index (χ2n) is 6.95. The number of hydrogen-bond acceptors (Lipinski definition) is 2. The zero-order valence-electron chi connectivity index (χ0n) is 16.2. The van der Waals surface area contributed by atoms with Gasteiger partial charge in [-0.25, -0.2) is 9.37 Å². The van der Waals surface area contributed by atoms with Crippen LogP contribution in [0.25, 0.3) is 5.69 Å². The normalized spacial score (nSPS) is 12.0. The summed E-state index contributed by atoms with van der Waals surface area (Å²) in [5.74, 6) is 0.0125. The molecule has 0 spiro atoms. The first kappa shape index (κ1) is 18.7. The van der Waals surface area contributed by atoms with Gasteiger partial charge in [-0.2, -0.15) is 0 Å². The highest BCUT2D eigenvalue weighted by atomic mass is 19.1. The molecule has 0 radical (unpaired) electrons. The molecule has 6 heteroatoms. The average Bonchev–Trinajstić information content (AvgIpc) is 3.38. The van der Waals surface area contributed by atoms with E-state index in [2.05, 4.69) is 10.3 Å². The number of aromatic nitrogens is 3. The molecule has 0 aliphatic rings. The number of imidazole rings is 1. The Morgan fingerprint density at radius 2 is 1.86 bits per heavy atom. The van der Waals surface area contributed by atoms with Gasteiger partial charge < -0.3 is 14.5 Å². The molecule has 29 heavy (non-hydrogen) atoms. The summed E-state index contributed by atoms with van der Waals surface area (Å²) in [6, 6.07) is 15.1. The molecule has 1 N–H and O–H groups in total. The van der Waals surface area contributed by atoms with Gasteiger partial charge in [0.15, 0.2) is 0 Å². The molecular weight excluding hydrogens is 367 g/mol. The van der Waals surface area contributed by atoms with Crippen LogP contribution in [0.1, 0.15) is 33.4 Å². The summed E-state index contributed by atoms with van der Waals surface area (Å²) in [5.41, 5.74) is 3.14. The summed E-state index contributed by atoms with van der Waals surface area (Å²) < 4.78 is 17.6. The number of rotatable bonds is 5. The Morgan fingerprint density at radius 3 is 2.55 bits per heavy atom. The molecule has 2 aromatic heterocycles. The second-order valence-corrected chi connectivity index (χ2v) is 6.95. The van der Waals surface area contributed by atoms with E-state index in [1.165, 1.54) is 12.1 Å². The van der Waals surface area contributed by atoms with E-state index in [0.29, 0.717) is 17.0 Å². The summed E-state index contributed by atoms with van der Waals surface area (Å²) in [4.78, 5) is 17.5. The number of nitrogens with zero attached hydrogens (tertiary/aromatic N) is 3. The summed E-state index contributed by atoms with van der Waals surface area (Å²) in [6.07, 6.45) is 7.33. The van der Waals surface area contributed by atoms with Crippen molar-refractivity contribution in [2.45, 2.75) is 13.0 Å². The number of aryl methyl sites for hydroxylation is 2. The van der Waals surface area contributed by atoms with Gasteiger partial charge in [0.1, 0.15) is 17.7 Å². The predicted molar refractivity (Wildman–Crippen MR) is 109 cm³/mol. The topological polar surface area (TPSA) is 51.9 Å². The van der Waals surface area contributed by atoms with Gasteiger partial charge in [0.05, 0.1) is 0 Å². The maximum absolute atomic E-state index is 13.8.